The molecule has 0 radical (unpaired) electrons. The van der Waals surface area contributed by atoms with Crippen molar-refractivity contribution in [1.82, 2.24) is 0 Å². The fraction of sp³-hybridized carbons (Fsp3) is 0.0909. The summed E-state index contributed by atoms with van der Waals surface area (Å²) < 4.78 is 5.23. The highest BCUT2D eigenvalue weighted by molar-refractivity contribution is 7.98. The fourth-order valence-electron chi connectivity index (χ4n) is 1.15. The van der Waals surface area contributed by atoms with E-state index < -0.39 is 0 Å². The summed E-state index contributed by atoms with van der Waals surface area (Å²) in [5.41, 5.74) is 6.23. The van der Waals surface area contributed by atoms with E-state index in [-0.39, 0.29) is 0 Å². The topological polar surface area (TPSA) is 39.2 Å². The normalized spacial score (nSPS) is 10.5. The lowest BCUT2D eigenvalue weighted by atomic mass is 10.3. The summed E-state index contributed by atoms with van der Waals surface area (Å²) in [6.07, 6.45) is 1.67. The van der Waals surface area contributed by atoms with E-state index in [1.807, 2.05) is 30.3 Å². The zero-order valence-corrected chi connectivity index (χ0v) is 9.52. The number of nitrogen functional groups attached to an aromatic ring is 1. The second-order valence-corrected chi connectivity index (χ2v) is 4.51. The van der Waals surface area contributed by atoms with Crippen LogP contribution in [0.25, 0.3) is 0 Å². The Hall–Kier alpha value is -1.06. The van der Waals surface area contributed by atoms with Crippen molar-refractivity contribution in [2.24, 2.45) is 0 Å². The van der Waals surface area contributed by atoms with Crippen LogP contribution in [0.1, 0.15) is 5.76 Å². The third kappa shape index (κ3) is 2.70. The number of thioether (sulfide) groups is 1. The number of nitrogens with two attached hydrogens (primary N) is 1. The molecule has 2 N–H and O–H groups in total. The second kappa shape index (κ2) is 4.64. The van der Waals surface area contributed by atoms with Gasteiger partial charge in [-0.1, -0.05) is 11.6 Å². The Morgan fingerprint density at radius 3 is 2.87 bits per heavy atom. The smallest absolute Gasteiger partial charge is 0.113 e. The molecule has 0 atom stereocenters. The van der Waals surface area contributed by atoms with Gasteiger partial charge in [0, 0.05) is 4.90 Å². The zero-order chi connectivity index (χ0) is 10.7. The highest BCUT2D eigenvalue weighted by Crippen LogP contribution is 2.28. The van der Waals surface area contributed by atoms with Gasteiger partial charge in [-0.25, -0.2) is 0 Å². The van der Waals surface area contributed by atoms with Gasteiger partial charge in [-0.2, -0.15) is 0 Å². The molecule has 0 aliphatic heterocycles. The minimum absolute atomic E-state index is 0.597. The Bertz CT molecular complexity index is 442. The van der Waals surface area contributed by atoms with Gasteiger partial charge >= 0.3 is 0 Å². The molecule has 0 saturated heterocycles. The van der Waals surface area contributed by atoms with Crippen LogP contribution in [0.4, 0.5) is 5.69 Å². The Kier molecular flexibility index (Phi) is 3.23. The highest BCUT2D eigenvalue weighted by atomic mass is 35.5. The lowest BCUT2D eigenvalue weighted by Gasteiger charge is -2.02. The molecule has 1 aromatic carbocycles. The predicted octanol–water partition coefficient (Wildman–Crippen LogP) is 3.81. The second-order valence-electron chi connectivity index (χ2n) is 3.05. The molecular weight excluding hydrogens is 230 g/mol. The molecule has 0 spiro atoms. The van der Waals surface area contributed by atoms with Crippen molar-refractivity contribution in [3.05, 3.63) is 47.4 Å². The number of hydrogen-bond donors (Lipinski definition) is 1. The number of anilines is 1. The quantitative estimate of drug-likeness (QED) is 0.654. The molecule has 78 valence electrons. The Morgan fingerprint density at radius 1 is 1.33 bits per heavy atom. The van der Waals surface area contributed by atoms with E-state index in [2.05, 4.69) is 0 Å². The zero-order valence-electron chi connectivity index (χ0n) is 7.94. The Morgan fingerprint density at radius 2 is 2.20 bits per heavy atom. The molecule has 2 aromatic rings. The molecular formula is C11H10ClNOS. The monoisotopic (exact) mass is 239 g/mol. The van der Waals surface area contributed by atoms with E-state index in [4.69, 9.17) is 21.8 Å². The van der Waals surface area contributed by atoms with E-state index in [1.165, 1.54) is 0 Å². The summed E-state index contributed by atoms with van der Waals surface area (Å²) in [5.74, 6) is 1.75. The van der Waals surface area contributed by atoms with E-state index in [0.717, 1.165) is 16.4 Å². The summed E-state index contributed by atoms with van der Waals surface area (Å²) in [6, 6.07) is 9.46. The molecule has 4 heteroatoms. The van der Waals surface area contributed by atoms with Crippen LogP contribution in [-0.2, 0) is 5.75 Å². The third-order valence-electron chi connectivity index (χ3n) is 1.93. The van der Waals surface area contributed by atoms with Crippen LogP contribution in [0.5, 0.6) is 0 Å². The number of furan rings is 1. The first-order valence-corrected chi connectivity index (χ1v) is 5.82. The first kappa shape index (κ1) is 10.5. The molecule has 0 amide bonds. The minimum Gasteiger partial charge on any atom is -0.468 e. The van der Waals surface area contributed by atoms with Crippen LogP contribution < -0.4 is 5.73 Å². The van der Waals surface area contributed by atoms with E-state index in [9.17, 15) is 0 Å². The van der Waals surface area contributed by atoms with E-state index >= 15 is 0 Å². The molecule has 0 aliphatic carbocycles. The fourth-order valence-corrected chi connectivity index (χ4v) is 2.23. The highest BCUT2D eigenvalue weighted by Gasteiger charge is 2.01. The largest absolute Gasteiger partial charge is 0.468 e. The molecule has 0 saturated carbocycles. The minimum atomic E-state index is 0.597. The van der Waals surface area contributed by atoms with Crippen molar-refractivity contribution in [3.63, 3.8) is 0 Å². The maximum absolute atomic E-state index is 5.91. The van der Waals surface area contributed by atoms with Gasteiger partial charge in [-0.3, -0.25) is 0 Å². The Labute approximate surface area is 97.4 Å². The van der Waals surface area contributed by atoms with Crippen molar-refractivity contribution >= 4 is 29.1 Å². The van der Waals surface area contributed by atoms with Gasteiger partial charge in [0.15, 0.2) is 0 Å². The number of benzene rings is 1. The summed E-state index contributed by atoms with van der Waals surface area (Å²) in [6.45, 7) is 0. The number of hydrogen-bond acceptors (Lipinski definition) is 3. The average Bonchev–Trinajstić information content (AvgIpc) is 2.73. The average molecular weight is 240 g/mol. The standard InChI is InChI=1S/C11H10ClNOS/c12-10-6-9(3-4-11(10)13)15-7-8-2-1-5-14-8/h1-6H,7,13H2. The van der Waals surface area contributed by atoms with Gasteiger partial charge < -0.3 is 10.2 Å². The van der Waals surface area contributed by atoms with Gasteiger partial charge in [0.1, 0.15) is 5.76 Å². The molecule has 15 heavy (non-hydrogen) atoms. The van der Waals surface area contributed by atoms with Gasteiger partial charge in [0.05, 0.1) is 22.7 Å². The van der Waals surface area contributed by atoms with Gasteiger partial charge in [-0.05, 0) is 30.3 Å². The Balaban J connectivity index is 2.02. The van der Waals surface area contributed by atoms with Crippen LogP contribution in [-0.4, -0.2) is 0 Å². The first-order chi connectivity index (χ1) is 7.25. The summed E-state index contributed by atoms with van der Waals surface area (Å²) >= 11 is 7.58. The van der Waals surface area contributed by atoms with Crippen LogP contribution in [0.3, 0.4) is 0 Å². The molecule has 1 aromatic heterocycles. The van der Waals surface area contributed by atoms with Gasteiger partial charge in [0.25, 0.3) is 0 Å². The van der Waals surface area contributed by atoms with Crippen LogP contribution >= 0.6 is 23.4 Å². The summed E-state index contributed by atoms with van der Waals surface area (Å²) in [4.78, 5) is 1.09. The van der Waals surface area contributed by atoms with E-state index in [0.29, 0.717) is 10.7 Å². The molecule has 1 heterocycles. The van der Waals surface area contributed by atoms with Crippen molar-refractivity contribution in [1.29, 1.82) is 0 Å². The van der Waals surface area contributed by atoms with Crippen LogP contribution in [0.2, 0.25) is 5.02 Å². The molecule has 0 bridgehead atoms. The number of rotatable bonds is 3. The van der Waals surface area contributed by atoms with E-state index in [1.54, 1.807) is 18.0 Å². The van der Waals surface area contributed by atoms with Crippen molar-refractivity contribution in [3.8, 4) is 0 Å². The first-order valence-electron chi connectivity index (χ1n) is 4.46. The maximum Gasteiger partial charge on any atom is 0.113 e. The predicted molar refractivity (Wildman–Crippen MR) is 64.1 cm³/mol. The lowest BCUT2D eigenvalue weighted by Crippen LogP contribution is -1.85. The van der Waals surface area contributed by atoms with Crippen molar-refractivity contribution < 1.29 is 4.42 Å². The molecule has 0 unspecified atom stereocenters. The third-order valence-corrected chi connectivity index (χ3v) is 3.28. The van der Waals surface area contributed by atoms with Crippen molar-refractivity contribution in [2.75, 3.05) is 5.73 Å². The van der Waals surface area contributed by atoms with Crippen molar-refractivity contribution in [2.45, 2.75) is 10.6 Å². The van der Waals surface area contributed by atoms with Crippen LogP contribution in [0, 0.1) is 0 Å². The summed E-state index contributed by atoms with van der Waals surface area (Å²) in [7, 11) is 0. The van der Waals surface area contributed by atoms with Gasteiger partial charge in [-0.15, -0.1) is 11.8 Å². The van der Waals surface area contributed by atoms with Gasteiger partial charge in [0.2, 0.25) is 0 Å². The maximum atomic E-state index is 5.91. The summed E-state index contributed by atoms with van der Waals surface area (Å²) in [5, 5.41) is 0.597. The lowest BCUT2D eigenvalue weighted by molar-refractivity contribution is 0.530. The molecule has 2 nitrogen and oxygen atoms in total. The number of halogens is 1. The molecule has 2 rings (SSSR count). The van der Waals surface area contributed by atoms with Crippen LogP contribution in [0.15, 0.2) is 45.9 Å². The SMILES string of the molecule is Nc1ccc(SCc2ccco2)cc1Cl. The molecule has 0 aliphatic rings. The molecule has 0 fully saturated rings.